The Hall–Kier alpha value is -0.130. The fourth-order valence-corrected chi connectivity index (χ4v) is 1.23. The van der Waals surface area contributed by atoms with Crippen LogP contribution in [-0.4, -0.2) is 31.4 Å². The normalized spacial score (nSPS) is 17.3. The Morgan fingerprint density at radius 1 is 1.42 bits per heavy atom. The van der Waals surface area contributed by atoms with Gasteiger partial charge in [-0.1, -0.05) is 6.92 Å². The third kappa shape index (κ3) is 4.69. The molecule has 0 amide bonds. The molecule has 1 unspecified atom stereocenters. The molecule has 0 aliphatic rings. The van der Waals surface area contributed by atoms with Crippen molar-refractivity contribution >= 4 is 10.0 Å². The first-order chi connectivity index (χ1) is 5.33. The average Bonchev–Trinajstić information content (AvgIpc) is 2.02. The minimum atomic E-state index is -3.17. The zero-order valence-electron chi connectivity index (χ0n) is 7.79. The van der Waals surface area contributed by atoms with E-state index in [4.69, 9.17) is 0 Å². The Balaban J connectivity index is 4.00. The van der Waals surface area contributed by atoms with Crippen molar-refractivity contribution in [3.8, 4) is 0 Å². The first-order valence-corrected chi connectivity index (χ1v) is 5.68. The lowest BCUT2D eigenvalue weighted by molar-refractivity contribution is 0.0614. The topological polar surface area (TPSA) is 66.4 Å². The van der Waals surface area contributed by atoms with Crippen LogP contribution in [0.5, 0.6) is 0 Å². The van der Waals surface area contributed by atoms with Crippen molar-refractivity contribution in [1.29, 1.82) is 0 Å². The lowest BCUT2D eigenvalue weighted by Gasteiger charge is -2.21. The molecule has 0 aromatic rings. The lowest BCUT2D eigenvalue weighted by Crippen LogP contribution is -2.40. The maximum Gasteiger partial charge on any atom is 0.211 e. The molecule has 0 bridgehead atoms. The van der Waals surface area contributed by atoms with Gasteiger partial charge in [0, 0.05) is 6.54 Å². The van der Waals surface area contributed by atoms with Crippen molar-refractivity contribution in [2.45, 2.75) is 32.8 Å². The van der Waals surface area contributed by atoms with Gasteiger partial charge in [0.2, 0.25) is 10.0 Å². The molecule has 0 heterocycles. The highest BCUT2D eigenvalue weighted by Gasteiger charge is 2.19. The van der Waals surface area contributed by atoms with E-state index < -0.39 is 15.6 Å². The van der Waals surface area contributed by atoms with Crippen LogP contribution in [-0.2, 0) is 10.0 Å². The van der Waals surface area contributed by atoms with Crippen LogP contribution in [0.1, 0.15) is 27.2 Å². The van der Waals surface area contributed by atoms with Gasteiger partial charge in [0.25, 0.3) is 0 Å². The summed E-state index contributed by atoms with van der Waals surface area (Å²) in [7, 11) is -3.17. The van der Waals surface area contributed by atoms with Crippen LogP contribution in [0.4, 0.5) is 0 Å². The summed E-state index contributed by atoms with van der Waals surface area (Å²) in [6.45, 7) is 5.05. The standard InChI is InChI=1S/C7H17NO3S/c1-4-7(3,9)6-8-12(10,11)5-2/h8-9H,4-6H2,1-3H3. The molecule has 0 aliphatic heterocycles. The molecule has 1 atom stereocenters. The summed E-state index contributed by atoms with van der Waals surface area (Å²) < 4.78 is 24.2. The molecule has 0 saturated heterocycles. The molecular weight excluding hydrogens is 178 g/mol. The molecule has 0 rings (SSSR count). The number of aliphatic hydroxyl groups is 1. The summed E-state index contributed by atoms with van der Waals surface area (Å²) in [5.41, 5.74) is -0.942. The van der Waals surface area contributed by atoms with Crippen molar-refractivity contribution in [3.05, 3.63) is 0 Å². The Labute approximate surface area is 74.0 Å². The van der Waals surface area contributed by atoms with E-state index >= 15 is 0 Å². The Morgan fingerprint density at radius 2 is 1.92 bits per heavy atom. The molecule has 0 aromatic carbocycles. The van der Waals surface area contributed by atoms with Crippen LogP contribution in [0.15, 0.2) is 0 Å². The molecule has 0 aliphatic carbocycles. The van der Waals surface area contributed by atoms with E-state index in [2.05, 4.69) is 4.72 Å². The fourth-order valence-electron chi connectivity index (χ4n) is 0.492. The van der Waals surface area contributed by atoms with Gasteiger partial charge in [0.1, 0.15) is 0 Å². The van der Waals surface area contributed by atoms with Crippen LogP contribution < -0.4 is 4.72 Å². The van der Waals surface area contributed by atoms with Gasteiger partial charge in [-0.25, -0.2) is 13.1 Å². The van der Waals surface area contributed by atoms with Crippen molar-refractivity contribution in [1.82, 2.24) is 4.72 Å². The largest absolute Gasteiger partial charge is 0.389 e. The molecule has 0 radical (unpaired) electrons. The predicted molar refractivity (Wildman–Crippen MR) is 48.4 cm³/mol. The maximum atomic E-state index is 10.9. The van der Waals surface area contributed by atoms with Crippen LogP contribution in [0.25, 0.3) is 0 Å². The van der Waals surface area contributed by atoms with Gasteiger partial charge in [0.05, 0.1) is 11.4 Å². The van der Waals surface area contributed by atoms with E-state index in [-0.39, 0.29) is 12.3 Å². The first kappa shape index (κ1) is 11.9. The summed E-state index contributed by atoms with van der Waals surface area (Å²) in [6, 6.07) is 0. The minimum Gasteiger partial charge on any atom is -0.389 e. The van der Waals surface area contributed by atoms with E-state index in [0.717, 1.165) is 0 Å². The second kappa shape index (κ2) is 4.20. The summed E-state index contributed by atoms with van der Waals surface area (Å²) in [6.07, 6.45) is 0.527. The zero-order valence-corrected chi connectivity index (χ0v) is 8.61. The highest BCUT2D eigenvalue weighted by atomic mass is 32.2. The van der Waals surface area contributed by atoms with Gasteiger partial charge in [-0.2, -0.15) is 0 Å². The molecule has 12 heavy (non-hydrogen) atoms. The number of sulfonamides is 1. The number of hydrogen-bond acceptors (Lipinski definition) is 3. The molecule has 5 heteroatoms. The third-order valence-corrected chi connectivity index (χ3v) is 3.16. The monoisotopic (exact) mass is 195 g/mol. The van der Waals surface area contributed by atoms with Crippen molar-refractivity contribution < 1.29 is 13.5 Å². The molecule has 74 valence electrons. The summed E-state index contributed by atoms with van der Waals surface area (Å²) in [5.74, 6) is 0.0484. The third-order valence-electron chi connectivity index (χ3n) is 1.81. The highest BCUT2D eigenvalue weighted by Crippen LogP contribution is 2.06. The van der Waals surface area contributed by atoms with E-state index in [1.807, 2.05) is 0 Å². The molecule has 2 N–H and O–H groups in total. The summed E-state index contributed by atoms with van der Waals surface area (Å²) in [5, 5.41) is 9.46. The molecule has 0 spiro atoms. The fraction of sp³-hybridized carbons (Fsp3) is 1.00. The minimum absolute atomic E-state index is 0.0484. The van der Waals surface area contributed by atoms with Crippen LogP contribution in [0.2, 0.25) is 0 Å². The van der Waals surface area contributed by atoms with Gasteiger partial charge in [-0.05, 0) is 20.3 Å². The SMILES string of the molecule is CCC(C)(O)CNS(=O)(=O)CC. The van der Waals surface area contributed by atoms with Crippen molar-refractivity contribution in [2.24, 2.45) is 0 Å². The Kier molecular flexibility index (Phi) is 4.16. The summed E-state index contributed by atoms with van der Waals surface area (Å²) >= 11 is 0. The number of rotatable bonds is 5. The zero-order chi connectivity index (χ0) is 9.83. The number of nitrogens with one attached hydrogen (secondary N) is 1. The van der Waals surface area contributed by atoms with E-state index in [1.54, 1.807) is 20.8 Å². The van der Waals surface area contributed by atoms with Gasteiger partial charge < -0.3 is 5.11 Å². The average molecular weight is 195 g/mol. The van der Waals surface area contributed by atoms with Crippen molar-refractivity contribution in [2.75, 3.05) is 12.3 Å². The molecule has 0 saturated carbocycles. The maximum absolute atomic E-state index is 10.9. The van der Waals surface area contributed by atoms with E-state index in [0.29, 0.717) is 6.42 Å². The second-order valence-electron chi connectivity index (χ2n) is 3.08. The lowest BCUT2D eigenvalue weighted by atomic mass is 10.1. The smallest absolute Gasteiger partial charge is 0.211 e. The van der Waals surface area contributed by atoms with E-state index in [1.165, 1.54) is 0 Å². The van der Waals surface area contributed by atoms with Crippen molar-refractivity contribution in [3.63, 3.8) is 0 Å². The van der Waals surface area contributed by atoms with Gasteiger partial charge in [-0.15, -0.1) is 0 Å². The van der Waals surface area contributed by atoms with Gasteiger partial charge in [-0.3, -0.25) is 0 Å². The molecular formula is C7H17NO3S. The van der Waals surface area contributed by atoms with Crippen LogP contribution >= 0.6 is 0 Å². The Morgan fingerprint density at radius 3 is 2.25 bits per heavy atom. The van der Waals surface area contributed by atoms with Gasteiger partial charge >= 0.3 is 0 Å². The molecule has 4 nitrogen and oxygen atoms in total. The molecule has 0 fully saturated rings. The van der Waals surface area contributed by atoms with Crippen LogP contribution in [0, 0.1) is 0 Å². The van der Waals surface area contributed by atoms with E-state index in [9.17, 15) is 13.5 Å². The summed E-state index contributed by atoms with van der Waals surface area (Å²) in [4.78, 5) is 0. The Bertz CT molecular complexity index is 221. The first-order valence-electron chi connectivity index (χ1n) is 4.02. The highest BCUT2D eigenvalue weighted by molar-refractivity contribution is 7.89. The molecule has 0 aromatic heterocycles. The van der Waals surface area contributed by atoms with Crippen LogP contribution in [0.3, 0.4) is 0 Å². The van der Waals surface area contributed by atoms with Gasteiger partial charge in [0.15, 0.2) is 0 Å². The second-order valence-corrected chi connectivity index (χ2v) is 5.17. The predicted octanol–water partition coefficient (Wildman–Crippen LogP) is 0.0867. The number of hydrogen-bond donors (Lipinski definition) is 2. The quantitative estimate of drug-likeness (QED) is 0.653.